The number of likely N-dealkylation sites (tertiary alicyclic amines) is 1. The smallest absolute Gasteiger partial charge is 0.255 e. The quantitative estimate of drug-likeness (QED) is 0.436. The number of H-pyrrole nitrogens is 1. The lowest BCUT2D eigenvalue weighted by Crippen LogP contribution is -2.57. The lowest BCUT2D eigenvalue weighted by Gasteiger charge is -2.37. The van der Waals surface area contributed by atoms with Crippen molar-refractivity contribution in [3.63, 3.8) is 0 Å². The van der Waals surface area contributed by atoms with E-state index in [9.17, 15) is 9.59 Å². The van der Waals surface area contributed by atoms with Crippen LogP contribution in [0.25, 0.3) is 28.2 Å². The van der Waals surface area contributed by atoms with Gasteiger partial charge in [-0.2, -0.15) is 5.26 Å². The van der Waals surface area contributed by atoms with Crippen LogP contribution in [0, 0.1) is 30.1 Å². The minimum atomic E-state index is -0.595. The van der Waals surface area contributed by atoms with E-state index in [0.29, 0.717) is 41.2 Å². The summed E-state index contributed by atoms with van der Waals surface area (Å²) in [4.78, 5) is 44.7. The van der Waals surface area contributed by atoms with Crippen molar-refractivity contribution in [3.05, 3.63) is 60.3 Å². The highest BCUT2D eigenvalue weighted by Crippen LogP contribution is 2.35. The molecular formula is C26H24N8O2. The van der Waals surface area contributed by atoms with Crippen LogP contribution in [0.5, 0.6) is 0 Å². The molecule has 2 aliphatic rings. The number of rotatable bonds is 6. The first-order valence-corrected chi connectivity index (χ1v) is 12.0. The molecule has 2 N–H and O–H groups in total. The molecule has 3 aromatic heterocycles. The van der Waals surface area contributed by atoms with Crippen molar-refractivity contribution >= 4 is 23.0 Å². The van der Waals surface area contributed by atoms with Crippen molar-refractivity contribution in [2.75, 3.05) is 13.1 Å². The van der Waals surface area contributed by atoms with Crippen molar-refractivity contribution in [2.24, 2.45) is 11.8 Å². The lowest BCUT2D eigenvalue weighted by atomic mass is 9.99. The van der Waals surface area contributed by atoms with Gasteiger partial charge in [0.05, 0.1) is 23.7 Å². The number of aromatic nitrogens is 5. The van der Waals surface area contributed by atoms with E-state index in [4.69, 9.17) is 10.2 Å². The maximum atomic E-state index is 13.3. The molecule has 1 aliphatic heterocycles. The average molecular weight is 481 g/mol. The Morgan fingerprint density at radius 3 is 2.67 bits per heavy atom. The number of aromatic amines is 1. The van der Waals surface area contributed by atoms with Crippen LogP contribution in [0.15, 0.2) is 48.9 Å². The fourth-order valence-electron chi connectivity index (χ4n) is 4.60. The van der Waals surface area contributed by atoms with E-state index in [1.54, 1.807) is 17.3 Å². The van der Waals surface area contributed by atoms with Gasteiger partial charge in [0, 0.05) is 31.2 Å². The van der Waals surface area contributed by atoms with Crippen LogP contribution in [-0.2, 0) is 4.79 Å². The number of hydrogen-bond acceptors (Lipinski definition) is 6. The standard InChI is InChI=1S/C26H24N8O2/c1-15-30-21(14-34(15)18-5-3-2-4-6-18)20-11-29-24-23(31-20)19(10-28-24)25(35)32-22(17-7-8-17)26(36)33-12-16(9-27)13-33/h2-6,10-11,14,16-17,22H,7-8,12-13H2,1H3,(H,28,29)(H,32,35)/t22-/m1/s1. The Bertz CT molecular complexity index is 1510. The number of fused-ring (bicyclic) bond motifs is 1. The zero-order chi connectivity index (χ0) is 24.8. The van der Waals surface area contributed by atoms with Crippen LogP contribution in [0.3, 0.4) is 0 Å². The summed E-state index contributed by atoms with van der Waals surface area (Å²) in [7, 11) is 0. The highest BCUT2D eigenvalue weighted by atomic mass is 16.2. The van der Waals surface area contributed by atoms with Gasteiger partial charge in [-0.25, -0.2) is 15.0 Å². The fourth-order valence-corrected chi connectivity index (χ4v) is 4.60. The summed E-state index contributed by atoms with van der Waals surface area (Å²) >= 11 is 0. The van der Waals surface area contributed by atoms with Gasteiger partial charge < -0.3 is 19.8 Å². The number of carbonyl (C=O) groups excluding carboxylic acids is 2. The van der Waals surface area contributed by atoms with Crippen LogP contribution >= 0.6 is 0 Å². The summed E-state index contributed by atoms with van der Waals surface area (Å²) in [5.41, 5.74) is 3.42. The second kappa shape index (κ2) is 8.61. The Morgan fingerprint density at radius 2 is 1.94 bits per heavy atom. The second-order valence-corrected chi connectivity index (χ2v) is 9.39. The molecule has 0 radical (unpaired) electrons. The number of benzene rings is 1. The molecular weight excluding hydrogens is 456 g/mol. The van der Waals surface area contributed by atoms with Gasteiger partial charge >= 0.3 is 0 Å². The van der Waals surface area contributed by atoms with Crippen molar-refractivity contribution in [3.8, 4) is 23.1 Å². The number of para-hydroxylation sites is 1. The van der Waals surface area contributed by atoms with Crippen LogP contribution < -0.4 is 5.32 Å². The molecule has 6 rings (SSSR count). The van der Waals surface area contributed by atoms with Gasteiger partial charge in [0.25, 0.3) is 5.91 Å². The predicted octanol–water partition coefficient (Wildman–Crippen LogP) is 2.61. The number of imidazole rings is 1. The van der Waals surface area contributed by atoms with Gasteiger partial charge in [-0.05, 0) is 37.8 Å². The van der Waals surface area contributed by atoms with E-state index in [-0.39, 0.29) is 23.7 Å². The van der Waals surface area contributed by atoms with Crippen molar-refractivity contribution in [1.82, 2.24) is 34.7 Å². The lowest BCUT2D eigenvalue weighted by molar-refractivity contribution is -0.138. The molecule has 1 atom stereocenters. The number of nitriles is 1. The minimum Gasteiger partial charge on any atom is -0.344 e. The Kier molecular flexibility index (Phi) is 5.25. The zero-order valence-corrected chi connectivity index (χ0v) is 19.7. The molecule has 0 unspecified atom stereocenters. The molecule has 0 spiro atoms. The molecule has 36 heavy (non-hydrogen) atoms. The predicted molar refractivity (Wildman–Crippen MR) is 131 cm³/mol. The molecule has 4 aromatic rings. The van der Waals surface area contributed by atoms with Crippen molar-refractivity contribution in [2.45, 2.75) is 25.8 Å². The summed E-state index contributed by atoms with van der Waals surface area (Å²) in [6.07, 6.45) is 6.89. The summed E-state index contributed by atoms with van der Waals surface area (Å²) < 4.78 is 1.98. The molecule has 1 aliphatic carbocycles. The molecule has 1 aromatic carbocycles. The molecule has 10 heteroatoms. The monoisotopic (exact) mass is 480 g/mol. The minimum absolute atomic E-state index is 0.120. The maximum absolute atomic E-state index is 13.3. The Labute approximate surface area is 207 Å². The van der Waals surface area contributed by atoms with Crippen LogP contribution in [-0.4, -0.2) is 60.3 Å². The SMILES string of the molecule is Cc1nc(-c2cnc3[nH]cc(C(=O)N[C@@H](C(=O)N4CC(C#N)C4)C4CC4)c3n2)cn1-c1ccccc1. The van der Waals surface area contributed by atoms with Gasteiger partial charge in [-0.15, -0.1) is 0 Å². The van der Waals surface area contributed by atoms with Crippen molar-refractivity contribution < 1.29 is 9.59 Å². The fraction of sp³-hybridized carbons (Fsp3) is 0.308. The number of amides is 2. The van der Waals surface area contributed by atoms with E-state index in [2.05, 4.69) is 26.3 Å². The molecule has 10 nitrogen and oxygen atoms in total. The maximum Gasteiger partial charge on any atom is 0.255 e. The topological polar surface area (TPSA) is 133 Å². The molecule has 180 valence electrons. The third kappa shape index (κ3) is 3.88. The summed E-state index contributed by atoms with van der Waals surface area (Å²) in [6.45, 7) is 2.76. The number of nitrogens with zero attached hydrogens (tertiary/aromatic N) is 6. The molecule has 4 heterocycles. The second-order valence-electron chi connectivity index (χ2n) is 9.39. The first-order valence-electron chi connectivity index (χ1n) is 12.0. The Hall–Kier alpha value is -4.52. The van der Waals surface area contributed by atoms with Gasteiger partial charge in [0.1, 0.15) is 28.8 Å². The van der Waals surface area contributed by atoms with Crippen LogP contribution in [0.2, 0.25) is 0 Å². The summed E-state index contributed by atoms with van der Waals surface area (Å²) in [5.74, 6) is 0.313. The van der Waals surface area contributed by atoms with E-state index in [1.807, 2.05) is 48.0 Å². The molecule has 1 saturated heterocycles. The number of carbonyl (C=O) groups is 2. The highest BCUT2D eigenvalue weighted by molar-refractivity contribution is 6.06. The summed E-state index contributed by atoms with van der Waals surface area (Å²) in [6, 6.07) is 11.5. The number of hydrogen-bond donors (Lipinski definition) is 2. The van der Waals surface area contributed by atoms with Gasteiger partial charge in [0.15, 0.2) is 5.65 Å². The van der Waals surface area contributed by atoms with Crippen LogP contribution in [0.1, 0.15) is 29.0 Å². The zero-order valence-electron chi connectivity index (χ0n) is 19.7. The van der Waals surface area contributed by atoms with Gasteiger partial charge in [-0.1, -0.05) is 18.2 Å². The largest absolute Gasteiger partial charge is 0.344 e. The Balaban J connectivity index is 1.26. The summed E-state index contributed by atoms with van der Waals surface area (Å²) in [5, 5.41) is 11.9. The van der Waals surface area contributed by atoms with E-state index in [1.165, 1.54) is 0 Å². The van der Waals surface area contributed by atoms with Crippen LogP contribution in [0.4, 0.5) is 0 Å². The first kappa shape index (κ1) is 22.0. The normalized spacial score (nSPS) is 16.4. The van der Waals surface area contributed by atoms with Gasteiger partial charge in [-0.3, -0.25) is 9.59 Å². The molecule has 1 saturated carbocycles. The van der Waals surface area contributed by atoms with E-state index in [0.717, 1.165) is 24.4 Å². The molecule has 2 amide bonds. The number of nitrogens with one attached hydrogen (secondary N) is 2. The van der Waals surface area contributed by atoms with Crippen molar-refractivity contribution in [1.29, 1.82) is 5.26 Å². The molecule has 2 fully saturated rings. The van der Waals surface area contributed by atoms with E-state index < -0.39 is 6.04 Å². The highest BCUT2D eigenvalue weighted by Gasteiger charge is 2.43. The molecule has 0 bridgehead atoms. The first-order chi connectivity index (χ1) is 17.5. The Morgan fingerprint density at radius 1 is 1.17 bits per heavy atom. The average Bonchev–Trinajstić information content (AvgIpc) is 3.50. The third-order valence-corrected chi connectivity index (χ3v) is 6.83. The number of aryl methyl sites for hydroxylation is 1. The third-order valence-electron chi connectivity index (χ3n) is 6.83. The van der Waals surface area contributed by atoms with E-state index >= 15 is 0 Å². The van der Waals surface area contributed by atoms with Gasteiger partial charge in [0.2, 0.25) is 5.91 Å².